The van der Waals surface area contributed by atoms with Crippen molar-refractivity contribution in [3.63, 3.8) is 0 Å². The molecule has 1 unspecified atom stereocenters. The van der Waals surface area contributed by atoms with Crippen LogP contribution in [0.2, 0.25) is 0 Å². The molecule has 1 atom stereocenters. The van der Waals surface area contributed by atoms with Crippen molar-refractivity contribution in [2.45, 2.75) is 57.8 Å². The molecular weight excluding hydrogens is 378 g/mol. The summed E-state index contributed by atoms with van der Waals surface area (Å²) < 4.78 is 7.38. The largest absolute Gasteiger partial charge is 0.339 e. The Kier molecular flexibility index (Phi) is 5.11. The summed E-state index contributed by atoms with van der Waals surface area (Å²) >= 11 is 0. The van der Waals surface area contributed by atoms with Gasteiger partial charge < -0.3 is 9.42 Å². The number of nitrogens with zero attached hydrogens (tertiary/aromatic N) is 5. The van der Waals surface area contributed by atoms with Crippen LogP contribution in [0.25, 0.3) is 5.69 Å². The minimum absolute atomic E-state index is 0.0313. The number of fused-ring (bicyclic) bond motifs is 1. The number of aromatic nitrogens is 4. The lowest BCUT2D eigenvalue weighted by molar-refractivity contribution is 0.0688. The molecule has 1 aliphatic heterocycles. The molecule has 2 aliphatic rings. The van der Waals surface area contributed by atoms with Crippen molar-refractivity contribution in [2.24, 2.45) is 0 Å². The van der Waals surface area contributed by atoms with Crippen molar-refractivity contribution in [1.29, 1.82) is 0 Å². The van der Waals surface area contributed by atoms with E-state index in [0.29, 0.717) is 24.0 Å². The van der Waals surface area contributed by atoms with Gasteiger partial charge in [-0.3, -0.25) is 4.79 Å². The Labute approximate surface area is 176 Å². The summed E-state index contributed by atoms with van der Waals surface area (Å²) in [6.45, 7) is 3.17. The van der Waals surface area contributed by atoms with Crippen LogP contribution in [0.3, 0.4) is 0 Å². The molecule has 156 valence electrons. The Hall–Kier alpha value is -2.96. The summed E-state index contributed by atoms with van der Waals surface area (Å²) in [5.74, 6) is 1.40. The van der Waals surface area contributed by atoms with Gasteiger partial charge >= 0.3 is 0 Å². The van der Waals surface area contributed by atoms with Gasteiger partial charge in [0, 0.05) is 24.3 Å². The molecule has 0 saturated carbocycles. The molecule has 1 aromatic carbocycles. The van der Waals surface area contributed by atoms with Crippen molar-refractivity contribution in [3.8, 4) is 5.69 Å². The van der Waals surface area contributed by atoms with E-state index in [1.165, 1.54) is 12.1 Å². The van der Waals surface area contributed by atoms with Crippen molar-refractivity contribution >= 4 is 5.91 Å². The Morgan fingerprint density at radius 2 is 1.93 bits per heavy atom. The molecule has 3 aromatic rings. The maximum atomic E-state index is 13.6. The SMILES string of the molecule is Cc1noc(C2CCCN(C(=O)c3nn(-c4ccccc4)c4c3CCCCC4)C2)n1. The van der Waals surface area contributed by atoms with Gasteiger partial charge in [-0.05, 0) is 57.6 Å². The second kappa shape index (κ2) is 8.05. The Balaban J connectivity index is 1.47. The smallest absolute Gasteiger partial charge is 0.274 e. The van der Waals surface area contributed by atoms with Crippen molar-refractivity contribution in [1.82, 2.24) is 24.8 Å². The summed E-state index contributed by atoms with van der Waals surface area (Å²) in [5.41, 5.74) is 3.98. The lowest BCUT2D eigenvalue weighted by atomic mass is 9.97. The van der Waals surface area contributed by atoms with Crippen molar-refractivity contribution in [2.75, 3.05) is 13.1 Å². The number of carbonyl (C=O) groups is 1. The minimum Gasteiger partial charge on any atom is -0.339 e. The third kappa shape index (κ3) is 3.53. The number of para-hydroxylation sites is 1. The zero-order chi connectivity index (χ0) is 20.5. The van der Waals surface area contributed by atoms with Crippen LogP contribution in [0.1, 0.15) is 71.5 Å². The first-order chi connectivity index (χ1) is 14.7. The fourth-order valence-corrected chi connectivity index (χ4v) is 4.72. The van der Waals surface area contributed by atoms with Crippen LogP contribution in [0.4, 0.5) is 0 Å². The number of likely N-dealkylation sites (tertiary alicyclic amines) is 1. The summed E-state index contributed by atoms with van der Waals surface area (Å²) in [4.78, 5) is 19.9. The fraction of sp³-hybridized carbons (Fsp3) is 0.478. The number of amides is 1. The predicted molar refractivity (Wildman–Crippen MR) is 112 cm³/mol. The predicted octanol–water partition coefficient (Wildman–Crippen LogP) is 3.85. The average molecular weight is 406 g/mol. The molecule has 0 spiro atoms. The third-order valence-electron chi connectivity index (χ3n) is 6.23. The van der Waals surface area contributed by atoms with Gasteiger partial charge in [0.05, 0.1) is 11.6 Å². The molecule has 5 rings (SSSR count). The highest BCUT2D eigenvalue weighted by Crippen LogP contribution is 2.30. The van der Waals surface area contributed by atoms with Gasteiger partial charge in [0.2, 0.25) is 5.89 Å². The highest BCUT2D eigenvalue weighted by molar-refractivity contribution is 5.94. The van der Waals surface area contributed by atoms with Crippen LogP contribution in [-0.2, 0) is 12.8 Å². The fourth-order valence-electron chi connectivity index (χ4n) is 4.72. The van der Waals surface area contributed by atoms with Crippen LogP contribution in [0, 0.1) is 6.92 Å². The number of piperidine rings is 1. The summed E-state index contributed by atoms with van der Waals surface area (Å²) in [6, 6.07) is 10.2. The first-order valence-electron chi connectivity index (χ1n) is 11.0. The monoisotopic (exact) mass is 405 g/mol. The highest BCUT2D eigenvalue weighted by atomic mass is 16.5. The van der Waals surface area contributed by atoms with Crippen molar-refractivity contribution < 1.29 is 9.32 Å². The first-order valence-corrected chi connectivity index (χ1v) is 11.0. The third-order valence-corrected chi connectivity index (χ3v) is 6.23. The van der Waals surface area contributed by atoms with Gasteiger partial charge in [-0.1, -0.05) is 29.8 Å². The van der Waals surface area contributed by atoms with Gasteiger partial charge in [-0.25, -0.2) is 4.68 Å². The maximum absolute atomic E-state index is 13.6. The van der Waals surface area contributed by atoms with Crippen LogP contribution in [0.5, 0.6) is 0 Å². The van der Waals surface area contributed by atoms with E-state index in [-0.39, 0.29) is 11.8 Å². The molecule has 30 heavy (non-hydrogen) atoms. The second-order valence-electron chi connectivity index (χ2n) is 8.35. The molecule has 0 N–H and O–H groups in total. The normalized spacial score (nSPS) is 19.4. The van der Waals surface area contributed by atoms with Gasteiger partial charge in [0.25, 0.3) is 5.91 Å². The van der Waals surface area contributed by atoms with Gasteiger partial charge in [0.1, 0.15) is 0 Å². The summed E-state index contributed by atoms with van der Waals surface area (Å²) in [5, 5.41) is 8.77. The lowest BCUT2D eigenvalue weighted by Gasteiger charge is -2.30. The van der Waals surface area contributed by atoms with Gasteiger partial charge in [0.15, 0.2) is 11.5 Å². The number of aryl methyl sites for hydroxylation is 1. The quantitative estimate of drug-likeness (QED) is 0.619. The van der Waals surface area contributed by atoms with Crippen LogP contribution >= 0.6 is 0 Å². The standard InChI is InChI=1S/C23H27N5O2/c1-16-24-22(30-26-16)17-9-8-14-27(15-17)23(29)21-19-12-6-3-7-13-20(19)28(25-21)18-10-4-2-5-11-18/h2,4-5,10-11,17H,3,6-9,12-15H2,1H3. The number of benzene rings is 1. The zero-order valence-electron chi connectivity index (χ0n) is 17.4. The number of carbonyl (C=O) groups excluding carboxylic acids is 1. The molecular formula is C23H27N5O2. The first kappa shape index (κ1) is 19.0. The minimum atomic E-state index is 0.0313. The molecule has 1 amide bonds. The van der Waals surface area contributed by atoms with Crippen molar-refractivity contribution in [3.05, 3.63) is 59.0 Å². The van der Waals surface area contributed by atoms with E-state index in [1.807, 2.05) is 34.7 Å². The maximum Gasteiger partial charge on any atom is 0.274 e. The highest BCUT2D eigenvalue weighted by Gasteiger charge is 2.32. The Morgan fingerprint density at radius 3 is 2.73 bits per heavy atom. The van der Waals surface area contributed by atoms with E-state index in [9.17, 15) is 4.79 Å². The lowest BCUT2D eigenvalue weighted by Crippen LogP contribution is -2.39. The van der Waals surface area contributed by atoms with Crippen LogP contribution in [0.15, 0.2) is 34.9 Å². The zero-order valence-corrected chi connectivity index (χ0v) is 17.4. The number of hydrogen-bond donors (Lipinski definition) is 0. The molecule has 1 fully saturated rings. The van der Waals surface area contributed by atoms with E-state index in [1.54, 1.807) is 0 Å². The van der Waals surface area contributed by atoms with E-state index < -0.39 is 0 Å². The Bertz CT molecular complexity index is 1040. The molecule has 7 heteroatoms. The summed E-state index contributed by atoms with van der Waals surface area (Å²) in [7, 11) is 0. The summed E-state index contributed by atoms with van der Waals surface area (Å²) in [6.07, 6.45) is 7.22. The average Bonchev–Trinajstić information content (AvgIpc) is 3.29. The second-order valence-corrected chi connectivity index (χ2v) is 8.35. The van der Waals surface area contributed by atoms with Gasteiger partial charge in [-0.2, -0.15) is 10.1 Å². The van der Waals surface area contributed by atoms with Crippen LogP contribution < -0.4 is 0 Å². The molecule has 7 nitrogen and oxygen atoms in total. The van der Waals surface area contributed by atoms with Gasteiger partial charge in [-0.15, -0.1) is 0 Å². The molecule has 0 radical (unpaired) electrons. The molecule has 1 aliphatic carbocycles. The van der Waals surface area contributed by atoms with Crippen LogP contribution in [-0.4, -0.2) is 43.8 Å². The number of rotatable bonds is 3. The topological polar surface area (TPSA) is 77.0 Å². The van der Waals surface area contributed by atoms with E-state index in [4.69, 9.17) is 9.62 Å². The Morgan fingerprint density at radius 1 is 1.10 bits per heavy atom. The number of hydrogen-bond acceptors (Lipinski definition) is 5. The molecule has 1 saturated heterocycles. The van der Waals surface area contributed by atoms with E-state index in [0.717, 1.165) is 56.3 Å². The molecule has 2 aromatic heterocycles. The molecule has 0 bridgehead atoms. The van der Waals surface area contributed by atoms with E-state index >= 15 is 0 Å². The molecule has 3 heterocycles. The van der Waals surface area contributed by atoms with E-state index in [2.05, 4.69) is 22.3 Å².